The molecule has 0 radical (unpaired) electrons. The molecule has 0 aromatic carbocycles. The molecule has 13 heteroatoms. The van der Waals surface area contributed by atoms with Crippen molar-refractivity contribution in [3.05, 3.63) is 0 Å². The zero-order valence-electron chi connectivity index (χ0n) is 16.6. The topological polar surface area (TPSA) is 186 Å². The first-order valence-corrected chi connectivity index (χ1v) is 9.59. The highest BCUT2D eigenvalue weighted by molar-refractivity contribution is 4.93. The van der Waals surface area contributed by atoms with Crippen LogP contribution < -0.4 is 0 Å². The Bertz CT molecular complexity index is 538. The highest BCUT2D eigenvalue weighted by Crippen LogP contribution is 2.31. The molecule has 0 aromatic rings. The predicted molar refractivity (Wildman–Crippen MR) is 92.8 cm³/mol. The smallest absolute Gasteiger partial charge is 0.187 e. The molecule has 30 heavy (non-hydrogen) atoms. The molecule has 3 saturated heterocycles. The fraction of sp³-hybridized carbons (Fsp3) is 1.00. The molecular weight excluding hydrogens is 412 g/mol. The normalized spacial score (nSPS) is 49.2. The van der Waals surface area contributed by atoms with Gasteiger partial charge in [-0.2, -0.15) is 0 Å². The van der Waals surface area contributed by atoms with Crippen LogP contribution in [0.3, 0.4) is 0 Å². The van der Waals surface area contributed by atoms with Crippen LogP contribution in [0.4, 0.5) is 0 Å². The van der Waals surface area contributed by atoms with Gasteiger partial charge < -0.3 is 63.8 Å². The largest absolute Gasteiger partial charge is 0.394 e. The van der Waals surface area contributed by atoms with E-state index >= 15 is 0 Å². The Hall–Kier alpha value is -0.520. The van der Waals surface area contributed by atoms with Crippen molar-refractivity contribution in [1.82, 2.24) is 0 Å². The van der Waals surface area contributed by atoms with Crippen LogP contribution in [0, 0.1) is 0 Å². The molecule has 0 unspecified atom stereocenters. The van der Waals surface area contributed by atoms with Crippen LogP contribution in [0.2, 0.25) is 0 Å². The fourth-order valence-corrected chi connectivity index (χ4v) is 3.82. The maximum atomic E-state index is 10.3. The van der Waals surface area contributed by atoms with Crippen molar-refractivity contribution in [3.63, 3.8) is 0 Å². The Morgan fingerprint density at radius 3 is 1.73 bits per heavy atom. The molecule has 3 aliphatic heterocycles. The van der Waals surface area contributed by atoms with Gasteiger partial charge in [0.05, 0.1) is 19.8 Å². The van der Waals surface area contributed by atoms with Crippen molar-refractivity contribution in [2.24, 2.45) is 0 Å². The SMILES string of the molecule is CO[C@@H]1[C@@H](OC[C@H]2O[C@H](O)[C@@H](O)[C@@H]2O[C@H]2O[C@H](CO)[C@@H](O)[C@@H]2OC)O[C@H](CO)[C@H]1O. The lowest BCUT2D eigenvalue weighted by Gasteiger charge is -2.27. The molecule has 176 valence electrons. The highest BCUT2D eigenvalue weighted by Gasteiger charge is 2.52. The number of hydrogen-bond donors (Lipinski definition) is 6. The predicted octanol–water partition coefficient (Wildman–Crippen LogP) is -4.35. The zero-order valence-corrected chi connectivity index (χ0v) is 16.6. The lowest BCUT2D eigenvalue weighted by Crippen LogP contribution is -2.45. The third-order valence-electron chi connectivity index (χ3n) is 5.52. The van der Waals surface area contributed by atoms with E-state index in [1.54, 1.807) is 0 Å². The minimum atomic E-state index is -1.57. The molecular formula is C17H30O13. The molecule has 13 nitrogen and oxygen atoms in total. The van der Waals surface area contributed by atoms with Crippen LogP contribution in [-0.4, -0.2) is 138 Å². The fourth-order valence-electron chi connectivity index (χ4n) is 3.82. The maximum Gasteiger partial charge on any atom is 0.187 e. The first-order valence-electron chi connectivity index (χ1n) is 9.59. The summed E-state index contributed by atoms with van der Waals surface area (Å²) in [7, 11) is 2.68. The summed E-state index contributed by atoms with van der Waals surface area (Å²) in [5.74, 6) is 0. The standard InChI is InChI=1S/C17H30O13/c1-24-13-9(20)6(3-18)28-16(13)26-5-8-12(11(22)15(23)27-8)30-17-14(25-2)10(21)7(4-19)29-17/h6-23H,3-5H2,1-2H3/t6-,7-,8-,9-,10-,11+,12-,13+,14+,15+,16+,17-/m1/s1. The first-order chi connectivity index (χ1) is 14.4. The van der Waals surface area contributed by atoms with Gasteiger partial charge in [0.25, 0.3) is 0 Å². The van der Waals surface area contributed by atoms with Gasteiger partial charge in [0.15, 0.2) is 18.9 Å². The zero-order chi connectivity index (χ0) is 22.0. The summed E-state index contributed by atoms with van der Waals surface area (Å²) in [5, 5.41) is 58.9. The van der Waals surface area contributed by atoms with Crippen molar-refractivity contribution >= 4 is 0 Å². The molecule has 6 N–H and O–H groups in total. The summed E-state index contributed by atoms with van der Waals surface area (Å²) in [4.78, 5) is 0. The highest BCUT2D eigenvalue weighted by atomic mass is 16.8. The number of hydrogen-bond acceptors (Lipinski definition) is 13. The summed E-state index contributed by atoms with van der Waals surface area (Å²) in [6.45, 7) is -1.13. The van der Waals surface area contributed by atoms with Gasteiger partial charge in [-0.25, -0.2) is 0 Å². The van der Waals surface area contributed by atoms with Crippen molar-refractivity contribution in [3.8, 4) is 0 Å². The van der Waals surface area contributed by atoms with Gasteiger partial charge in [0.1, 0.15) is 54.9 Å². The van der Waals surface area contributed by atoms with Crippen molar-refractivity contribution in [2.75, 3.05) is 34.0 Å². The van der Waals surface area contributed by atoms with Crippen LogP contribution in [0.15, 0.2) is 0 Å². The minimum Gasteiger partial charge on any atom is -0.394 e. The maximum absolute atomic E-state index is 10.3. The summed E-state index contributed by atoms with van der Waals surface area (Å²) >= 11 is 0. The number of methoxy groups -OCH3 is 2. The number of aliphatic hydroxyl groups excluding tert-OH is 6. The average molecular weight is 442 g/mol. The molecule has 0 spiro atoms. The monoisotopic (exact) mass is 442 g/mol. The number of ether oxygens (including phenoxy) is 7. The molecule has 0 aromatic heterocycles. The quantitative estimate of drug-likeness (QED) is 0.201. The van der Waals surface area contributed by atoms with Crippen LogP contribution in [0.1, 0.15) is 0 Å². The Morgan fingerprint density at radius 2 is 1.20 bits per heavy atom. The van der Waals surface area contributed by atoms with E-state index in [9.17, 15) is 30.6 Å². The molecule has 3 fully saturated rings. The molecule has 0 amide bonds. The Morgan fingerprint density at radius 1 is 0.667 bits per heavy atom. The van der Waals surface area contributed by atoms with Crippen LogP contribution in [0.25, 0.3) is 0 Å². The van der Waals surface area contributed by atoms with Crippen LogP contribution in [-0.2, 0) is 33.2 Å². The van der Waals surface area contributed by atoms with E-state index in [0.717, 1.165) is 0 Å². The van der Waals surface area contributed by atoms with Gasteiger partial charge in [-0.15, -0.1) is 0 Å². The number of aliphatic hydroxyl groups is 6. The van der Waals surface area contributed by atoms with E-state index < -0.39 is 87.0 Å². The summed E-state index contributed by atoms with van der Waals surface area (Å²) in [6, 6.07) is 0. The van der Waals surface area contributed by atoms with E-state index in [2.05, 4.69) is 0 Å². The molecule has 3 heterocycles. The van der Waals surface area contributed by atoms with Gasteiger partial charge in [-0.05, 0) is 0 Å². The van der Waals surface area contributed by atoms with E-state index in [4.69, 9.17) is 33.2 Å². The van der Waals surface area contributed by atoms with Gasteiger partial charge >= 0.3 is 0 Å². The third-order valence-corrected chi connectivity index (χ3v) is 5.52. The summed E-state index contributed by atoms with van der Waals surface area (Å²) in [6.07, 6.45) is -13.2. The van der Waals surface area contributed by atoms with E-state index in [-0.39, 0.29) is 6.61 Å². The Kier molecular flexibility index (Phi) is 8.36. The molecule has 0 aliphatic carbocycles. The average Bonchev–Trinajstić information content (AvgIpc) is 3.32. The second-order valence-electron chi connectivity index (χ2n) is 7.32. The van der Waals surface area contributed by atoms with Gasteiger partial charge in [0, 0.05) is 14.2 Å². The third kappa shape index (κ3) is 4.63. The molecule has 12 atom stereocenters. The molecule has 3 rings (SSSR count). The minimum absolute atomic E-state index is 0.232. The first kappa shape index (κ1) is 24.1. The molecule has 0 saturated carbocycles. The molecule has 3 aliphatic rings. The van der Waals surface area contributed by atoms with Gasteiger partial charge in [-0.3, -0.25) is 0 Å². The second-order valence-corrected chi connectivity index (χ2v) is 7.32. The lowest BCUT2D eigenvalue weighted by molar-refractivity contribution is -0.230. The second kappa shape index (κ2) is 10.4. The number of rotatable bonds is 9. The summed E-state index contributed by atoms with van der Waals surface area (Å²) < 4.78 is 37.8. The van der Waals surface area contributed by atoms with Gasteiger partial charge in [0.2, 0.25) is 0 Å². The van der Waals surface area contributed by atoms with Gasteiger partial charge in [-0.1, -0.05) is 0 Å². The Balaban J connectivity index is 1.63. The van der Waals surface area contributed by atoms with Crippen molar-refractivity contribution in [1.29, 1.82) is 0 Å². The van der Waals surface area contributed by atoms with E-state index in [1.807, 2.05) is 0 Å². The molecule has 0 bridgehead atoms. The Labute approximate surface area is 172 Å². The van der Waals surface area contributed by atoms with Crippen molar-refractivity contribution < 1.29 is 63.8 Å². The van der Waals surface area contributed by atoms with E-state index in [0.29, 0.717) is 0 Å². The van der Waals surface area contributed by atoms with Crippen LogP contribution >= 0.6 is 0 Å². The van der Waals surface area contributed by atoms with E-state index in [1.165, 1.54) is 14.2 Å². The lowest BCUT2D eigenvalue weighted by atomic mass is 10.1. The van der Waals surface area contributed by atoms with Crippen molar-refractivity contribution in [2.45, 2.75) is 73.8 Å². The summed E-state index contributed by atoms with van der Waals surface area (Å²) in [5.41, 5.74) is 0. The van der Waals surface area contributed by atoms with Crippen LogP contribution in [0.5, 0.6) is 0 Å².